The molecule has 4 atom stereocenters. The summed E-state index contributed by atoms with van der Waals surface area (Å²) in [6.45, 7) is 0. The number of alkyl halides is 3. The summed E-state index contributed by atoms with van der Waals surface area (Å²) in [5, 5.41) is 0. The van der Waals surface area contributed by atoms with E-state index in [0.717, 1.165) is 25.7 Å². The molecule has 3 rings (SSSR count). The van der Waals surface area contributed by atoms with E-state index in [2.05, 4.69) is 4.74 Å². The van der Waals surface area contributed by atoms with E-state index in [0.29, 0.717) is 23.0 Å². The standard InChI is InChI=1S/C20H22BF3O6S/c21-9-14-4-3-13(19(26)30-18(20(22,23)24)10-31(27,28)29)7-15(14)8-17(25)16-6-11-1-2-12(16)5-11/h3-4,7,11-12,16,18H,1-2,5-6,8-10H2,(H,27,28,29). The summed E-state index contributed by atoms with van der Waals surface area (Å²) in [6.07, 6.45) is -4.10. The minimum absolute atomic E-state index is 0.00919. The first kappa shape index (κ1) is 23.8. The molecule has 0 amide bonds. The lowest BCUT2D eigenvalue weighted by Gasteiger charge is -2.21. The van der Waals surface area contributed by atoms with Crippen molar-refractivity contribution >= 4 is 29.7 Å². The molecule has 2 radical (unpaired) electrons. The van der Waals surface area contributed by atoms with Crippen molar-refractivity contribution < 1.29 is 40.5 Å². The summed E-state index contributed by atoms with van der Waals surface area (Å²) in [5.41, 5.74) is 0.749. The lowest BCUT2D eigenvalue weighted by molar-refractivity contribution is -0.197. The number of benzene rings is 1. The van der Waals surface area contributed by atoms with Gasteiger partial charge in [0, 0.05) is 12.3 Å². The zero-order valence-electron chi connectivity index (χ0n) is 16.6. The summed E-state index contributed by atoms with van der Waals surface area (Å²) in [5.74, 6) is -2.32. The normalized spacial score (nSPS) is 24.2. The van der Waals surface area contributed by atoms with Gasteiger partial charge in [-0.25, -0.2) is 4.79 Å². The van der Waals surface area contributed by atoms with Crippen LogP contribution in [0.15, 0.2) is 18.2 Å². The molecule has 0 aromatic heterocycles. The first-order chi connectivity index (χ1) is 14.4. The van der Waals surface area contributed by atoms with Gasteiger partial charge in [-0.15, -0.1) is 0 Å². The third-order valence-electron chi connectivity index (χ3n) is 6.15. The van der Waals surface area contributed by atoms with Crippen molar-refractivity contribution in [2.45, 2.75) is 50.7 Å². The van der Waals surface area contributed by atoms with Crippen LogP contribution in [0.1, 0.15) is 47.2 Å². The van der Waals surface area contributed by atoms with Crippen LogP contribution in [-0.2, 0) is 32.4 Å². The zero-order chi connectivity index (χ0) is 23.0. The van der Waals surface area contributed by atoms with E-state index in [1.807, 2.05) is 0 Å². The van der Waals surface area contributed by atoms with Gasteiger partial charge in [0.05, 0.1) is 13.4 Å². The Hall–Kier alpha value is -1.88. The molecule has 2 saturated carbocycles. The number of rotatable bonds is 8. The van der Waals surface area contributed by atoms with E-state index in [4.69, 9.17) is 12.4 Å². The summed E-state index contributed by atoms with van der Waals surface area (Å²) in [6, 6.07) is 3.90. The van der Waals surface area contributed by atoms with E-state index in [1.165, 1.54) is 18.2 Å². The highest BCUT2D eigenvalue weighted by atomic mass is 32.2. The van der Waals surface area contributed by atoms with Gasteiger partial charge in [0.25, 0.3) is 10.1 Å². The number of carbonyl (C=O) groups is 2. The Labute approximate surface area is 179 Å². The van der Waals surface area contributed by atoms with E-state index in [1.54, 1.807) is 0 Å². The molecule has 1 aromatic rings. The van der Waals surface area contributed by atoms with E-state index >= 15 is 0 Å². The molecule has 2 fully saturated rings. The number of ether oxygens (including phenoxy) is 1. The molecule has 11 heteroatoms. The van der Waals surface area contributed by atoms with E-state index in [-0.39, 0.29) is 30.0 Å². The fourth-order valence-corrected chi connectivity index (χ4v) is 5.30. The molecule has 0 saturated heterocycles. The minimum Gasteiger partial charge on any atom is -0.448 e. The van der Waals surface area contributed by atoms with E-state index < -0.39 is 34.1 Å². The average Bonchev–Trinajstić information content (AvgIpc) is 3.29. The lowest BCUT2D eigenvalue weighted by Crippen LogP contribution is -2.39. The van der Waals surface area contributed by atoms with Gasteiger partial charge in [0.1, 0.15) is 11.5 Å². The quantitative estimate of drug-likeness (QED) is 0.366. The van der Waals surface area contributed by atoms with Crippen LogP contribution in [0.25, 0.3) is 0 Å². The Kier molecular flexibility index (Phi) is 6.85. The molecule has 2 aliphatic carbocycles. The van der Waals surface area contributed by atoms with Crippen molar-refractivity contribution in [3.63, 3.8) is 0 Å². The first-order valence-electron chi connectivity index (χ1n) is 9.94. The third-order valence-corrected chi connectivity index (χ3v) is 6.88. The Morgan fingerprint density at radius 1 is 1.19 bits per heavy atom. The van der Waals surface area contributed by atoms with Crippen molar-refractivity contribution in [3.05, 3.63) is 34.9 Å². The number of ketones is 1. The van der Waals surface area contributed by atoms with Gasteiger partial charge in [-0.3, -0.25) is 9.35 Å². The molecule has 0 heterocycles. The van der Waals surface area contributed by atoms with Crippen LogP contribution < -0.4 is 0 Å². The van der Waals surface area contributed by atoms with Crippen LogP contribution in [0, 0.1) is 17.8 Å². The Morgan fingerprint density at radius 2 is 1.90 bits per heavy atom. The topological polar surface area (TPSA) is 97.7 Å². The molecule has 6 nitrogen and oxygen atoms in total. The highest BCUT2D eigenvalue weighted by Crippen LogP contribution is 2.48. The second-order valence-electron chi connectivity index (χ2n) is 8.30. The van der Waals surface area contributed by atoms with Crippen molar-refractivity contribution in [2.75, 3.05) is 5.75 Å². The van der Waals surface area contributed by atoms with Crippen LogP contribution >= 0.6 is 0 Å². The molecule has 1 N–H and O–H groups in total. The fraction of sp³-hybridized carbons (Fsp3) is 0.600. The van der Waals surface area contributed by atoms with Gasteiger partial charge in [0.15, 0.2) is 0 Å². The predicted molar refractivity (Wildman–Crippen MR) is 105 cm³/mol. The monoisotopic (exact) mass is 458 g/mol. The van der Waals surface area contributed by atoms with Crippen molar-refractivity contribution in [3.8, 4) is 0 Å². The zero-order valence-corrected chi connectivity index (χ0v) is 17.4. The molecular formula is C20H22BF3O6S. The summed E-state index contributed by atoms with van der Waals surface area (Å²) in [7, 11) is 0.662. The number of hydrogen-bond acceptors (Lipinski definition) is 5. The summed E-state index contributed by atoms with van der Waals surface area (Å²) < 4.78 is 73.9. The van der Waals surface area contributed by atoms with Gasteiger partial charge in [-0.1, -0.05) is 24.4 Å². The van der Waals surface area contributed by atoms with Crippen LogP contribution in [0.2, 0.25) is 0 Å². The fourth-order valence-electron chi connectivity index (χ4n) is 4.66. The van der Waals surface area contributed by atoms with Gasteiger partial charge in [-0.05, 0) is 48.8 Å². The van der Waals surface area contributed by atoms with Gasteiger partial charge in [-0.2, -0.15) is 21.6 Å². The minimum atomic E-state index is -5.19. The molecule has 31 heavy (non-hydrogen) atoms. The molecule has 2 aliphatic rings. The molecule has 2 bridgehead atoms. The second kappa shape index (κ2) is 8.93. The molecule has 4 unspecified atom stereocenters. The van der Waals surface area contributed by atoms with Crippen LogP contribution in [-0.4, -0.2) is 50.6 Å². The molecular weight excluding hydrogens is 436 g/mol. The van der Waals surface area contributed by atoms with Gasteiger partial charge >= 0.3 is 12.1 Å². The van der Waals surface area contributed by atoms with Crippen molar-refractivity contribution in [2.24, 2.45) is 17.8 Å². The predicted octanol–water partition coefficient (Wildman–Crippen LogP) is 2.88. The number of fused-ring (bicyclic) bond motifs is 2. The molecule has 1 aromatic carbocycles. The Morgan fingerprint density at radius 3 is 2.42 bits per heavy atom. The maximum absolute atomic E-state index is 13.0. The third kappa shape index (κ3) is 5.88. The maximum Gasteiger partial charge on any atom is 0.426 e. The van der Waals surface area contributed by atoms with Crippen LogP contribution in [0.3, 0.4) is 0 Å². The summed E-state index contributed by atoms with van der Waals surface area (Å²) in [4.78, 5) is 25.1. The highest BCUT2D eigenvalue weighted by Gasteiger charge is 2.46. The molecule has 0 aliphatic heterocycles. The highest BCUT2D eigenvalue weighted by molar-refractivity contribution is 7.85. The average molecular weight is 458 g/mol. The number of halogens is 3. The number of carbonyl (C=O) groups excluding carboxylic acids is 2. The number of hydrogen-bond donors (Lipinski definition) is 1. The Balaban J connectivity index is 1.77. The lowest BCUT2D eigenvalue weighted by atomic mass is 9.82. The van der Waals surface area contributed by atoms with E-state index in [9.17, 15) is 31.2 Å². The van der Waals surface area contributed by atoms with Gasteiger partial charge < -0.3 is 4.74 Å². The van der Waals surface area contributed by atoms with Gasteiger partial charge in [0.2, 0.25) is 6.10 Å². The number of Topliss-reactive ketones (excluding diaryl/α,β-unsaturated/α-hetero) is 1. The van der Waals surface area contributed by atoms with Crippen LogP contribution in [0.5, 0.6) is 0 Å². The van der Waals surface area contributed by atoms with Crippen molar-refractivity contribution in [1.29, 1.82) is 0 Å². The Bertz CT molecular complexity index is 962. The molecule has 0 spiro atoms. The van der Waals surface area contributed by atoms with Crippen molar-refractivity contribution in [1.82, 2.24) is 0 Å². The number of esters is 1. The second-order valence-corrected chi connectivity index (χ2v) is 9.79. The summed E-state index contributed by atoms with van der Waals surface area (Å²) >= 11 is 0. The van der Waals surface area contributed by atoms with Crippen LogP contribution in [0.4, 0.5) is 13.2 Å². The molecule has 168 valence electrons. The smallest absolute Gasteiger partial charge is 0.426 e. The maximum atomic E-state index is 13.0. The SMILES string of the molecule is [B]Cc1ccc(C(=O)OC(CS(=O)(=O)O)C(F)(F)F)cc1CC(=O)C1CC2CCC1C2. The first-order valence-corrected chi connectivity index (χ1v) is 11.6. The largest absolute Gasteiger partial charge is 0.448 e.